The SMILES string of the molecule is [CH2-]C.[CH2-]C.[U].[V].[W]. The van der Waals surface area contributed by atoms with E-state index >= 15 is 0 Å². The topological polar surface area (TPSA) is 0 Å². The smallest absolute Gasteiger partial charge is 0 e. The van der Waals surface area contributed by atoms with Crippen LogP contribution in [0.3, 0.4) is 0 Å². The van der Waals surface area contributed by atoms with Crippen LogP contribution in [-0.4, -0.2) is 0 Å². The number of hydrogen-bond donors (Lipinski definition) is 0. The quantitative estimate of drug-likeness (QED) is 0.418. The van der Waals surface area contributed by atoms with Crippen LogP contribution in [0.2, 0.25) is 0 Å². The minimum atomic E-state index is 0. The molecule has 0 aliphatic carbocycles. The van der Waals surface area contributed by atoms with Crippen molar-refractivity contribution >= 4 is 0 Å². The van der Waals surface area contributed by atoms with Crippen molar-refractivity contribution in [3.05, 3.63) is 13.8 Å². The predicted octanol–water partition coefficient (Wildman–Crippen LogP) is 1.68. The zero-order valence-electron chi connectivity index (χ0n) is 4.77. The number of hydrogen-bond acceptors (Lipinski definition) is 0. The van der Waals surface area contributed by atoms with Gasteiger partial charge in [-0.15, -0.1) is 0 Å². The van der Waals surface area contributed by atoms with Crippen LogP contribution < -0.4 is 0 Å². The van der Waals surface area contributed by atoms with Gasteiger partial charge in [-0.25, -0.2) is 0 Å². The van der Waals surface area contributed by atoms with Crippen LogP contribution >= 0.6 is 0 Å². The molecule has 0 unspecified atom stereocenters. The Hall–Kier alpha value is 2.32. The van der Waals surface area contributed by atoms with Crippen LogP contribution in [0.1, 0.15) is 13.8 Å². The largest absolute Gasteiger partial charge is 0.346 e. The maximum absolute atomic E-state index is 3.25. The van der Waals surface area contributed by atoms with Crippen LogP contribution in [0, 0.1) is 45.0 Å². The van der Waals surface area contributed by atoms with E-state index in [0.29, 0.717) is 0 Å². The second kappa shape index (κ2) is 82.6. The molecule has 0 rings (SSSR count). The van der Waals surface area contributed by atoms with Crippen molar-refractivity contribution in [1.82, 2.24) is 0 Å². The third-order valence-electron chi connectivity index (χ3n) is 0. The second-order valence-corrected chi connectivity index (χ2v) is 0. The van der Waals surface area contributed by atoms with Gasteiger partial charge in [0, 0.05) is 70.7 Å². The van der Waals surface area contributed by atoms with Crippen LogP contribution in [0.15, 0.2) is 0 Å². The summed E-state index contributed by atoms with van der Waals surface area (Å²) in [7, 11) is 0. The summed E-state index contributed by atoms with van der Waals surface area (Å²) in [6.07, 6.45) is 0. The Morgan fingerprint density at radius 2 is 0.857 bits per heavy atom. The summed E-state index contributed by atoms with van der Waals surface area (Å²) in [6, 6.07) is 0. The Kier molecular flexibility index (Phi) is 408. The van der Waals surface area contributed by atoms with Gasteiger partial charge in [0.2, 0.25) is 0 Å². The van der Waals surface area contributed by atoms with Gasteiger partial charge in [-0.2, -0.15) is 13.8 Å². The van der Waals surface area contributed by atoms with E-state index in [1.54, 1.807) is 13.8 Å². The molecule has 0 aliphatic rings. The van der Waals surface area contributed by atoms with E-state index in [4.69, 9.17) is 0 Å². The predicted molar refractivity (Wildman–Crippen MR) is 22.1 cm³/mol. The molecule has 0 bridgehead atoms. The first kappa shape index (κ1) is 34.6. The average molecular weight is 531 g/mol. The van der Waals surface area contributed by atoms with E-state index in [9.17, 15) is 0 Å². The maximum Gasteiger partial charge on any atom is 0 e. The molecule has 0 spiro atoms. The van der Waals surface area contributed by atoms with E-state index in [1.165, 1.54) is 0 Å². The summed E-state index contributed by atoms with van der Waals surface area (Å²) in [6.45, 7) is 10.0. The molecule has 3 heteroatoms. The Balaban J connectivity index is -0.00000000267. The molecule has 0 aliphatic heterocycles. The van der Waals surface area contributed by atoms with Gasteiger partial charge >= 0.3 is 0 Å². The first-order valence-electron chi connectivity index (χ1n) is 1.41. The van der Waals surface area contributed by atoms with Crippen LogP contribution in [-0.2, 0) is 39.6 Å². The third-order valence-corrected chi connectivity index (χ3v) is 0. The molecule has 0 saturated carbocycles. The summed E-state index contributed by atoms with van der Waals surface area (Å²) in [5.74, 6) is 0. The molecule has 0 aromatic rings. The molecule has 43 valence electrons. The van der Waals surface area contributed by atoms with Gasteiger partial charge in [0.15, 0.2) is 0 Å². The van der Waals surface area contributed by atoms with Crippen molar-refractivity contribution in [1.29, 1.82) is 0 Å². The summed E-state index contributed by atoms with van der Waals surface area (Å²) >= 11 is 0. The molecule has 0 fully saturated rings. The van der Waals surface area contributed by atoms with Crippen molar-refractivity contribution in [2.75, 3.05) is 0 Å². The summed E-state index contributed by atoms with van der Waals surface area (Å²) < 4.78 is 0. The Morgan fingerprint density at radius 3 is 0.857 bits per heavy atom. The fraction of sp³-hybridized carbons (Fsp3) is 0.500. The van der Waals surface area contributed by atoms with Crippen molar-refractivity contribution in [3.8, 4) is 0 Å². The monoisotopic (exact) mass is 531 g/mol. The molecule has 1 radical (unpaired) electrons. The van der Waals surface area contributed by atoms with E-state index < -0.39 is 0 Å². The molecule has 7 heavy (non-hydrogen) atoms. The van der Waals surface area contributed by atoms with Crippen molar-refractivity contribution < 1.29 is 70.7 Å². The zero-order valence-corrected chi connectivity index (χ0v) is 13.3. The van der Waals surface area contributed by atoms with Crippen LogP contribution in [0.25, 0.3) is 0 Å². The van der Waals surface area contributed by atoms with Gasteiger partial charge in [-0.3, -0.25) is 0 Å². The Bertz CT molecular complexity index is 11.7. The fourth-order valence-corrected chi connectivity index (χ4v) is 0. The van der Waals surface area contributed by atoms with Crippen LogP contribution in [0.4, 0.5) is 0 Å². The minimum absolute atomic E-state index is 0. The fourth-order valence-electron chi connectivity index (χ4n) is 0. The normalized spacial score (nSPS) is 1.71. The first-order chi connectivity index (χ1) is 2.00. The van der Waals surface area contributed by atoms with Gasteiger partial charge in [0.1, 0.15) is 0 Å². The zero-order chi connectivity index (χ0) is 4.00. The van der Waals surface area contributed by atoms with Gasteiger partial charge < -0.3 is 13.8 Å². The van der Waals surface area contributed by atoms with E-state index in [2.05, 4.69) is 13.8 Å². The Labute approximate surface area is 97.1 Å². The Morgan fingerprint density at radius 1 is 0.857 bits per heavy atom. The van der Waals surface area contributed by atoms with Crippen LogP contribution in [0.5, 0.6) is 0 Å². The van der Waals surface area contributed by atoms with E-state index in [-0.39, 0.29) is 70.7 Å². The molecule has 0 amide bonds. The molecule has 0 heterocycles. The van der Waals surface area contributed by atoms with Crippen molar-refractivity contribution in [3.63, 3.8) is 0 Å². The molecule has 0 aromatic heterocycles. The summed E-state index contributed by atoms with van der Waals surface area (Å²) in [5.41, 5.74) is 0. The molecular weight excluding hydrogens is 521 g/mol. The third kappa shape index (κ3) is 61.6. The second-order valence-electron chi connectivity index (χ2n) is 0. The average Bonchev–Trinajstić information content (AvgIpc) is 1.50. The maximum atomic E-state index is 3.25. The molecule has 0 atom stereocenters. The van der Waals surface area contributed by atoms with Gasteiger partial charge in [-0.1, -0.05) is 0 Å². The summed E-state index contributed by atoms with van der Waals surface area (Å²) in [4.78, 5) is 0. The van der Waals surface area contributed by atoms with Gasteiger partial charge in [-0.05, 0) is 0 Å². The molecule has 0 saturated heterocycles. The minimum Gasteiger partial charge on any atom is -0.346 e. The summed E-state index contributed by atoms with van der Waals surface area (Å²) in [5, 5.41) is 0. The molecule has 0 aromatic carbocycles. The van der Waals surface area contributed by atoms with Gasteiger partial charge in [0.25, 0.3) is 0 Å². The molecule has 0 N–H and O–H groups in total. The van der Waals surface area contributed by atoms with E-state index in [0.717, 1.165) is 0 Å². The molecular formula is C4H10UVW-2. The van der Waals surface area contributed by atoms with E-state index in [1.807, 2.05) is 0 Å². The standard InChI is InChI=1S/2C2H5.U.V.W/c2*1-2;;;/h2*1H2,2H3;;;/q2*-1;;;. The first-order valence-corrected chi connectivity index (χ1v) is 1.41. The van der Waals surface area contributed by atoms with Crippen molar-refractivity contribution in [2.45, 2.75) is 13.8 Å². The number of rotatable bonds is 0. The molecule has 0 nitrogen and oxygen atoms in total. The van der Waals surface area contributed by atoms with Crippen molar-refractivity contribution in [2.24, 2.45) is 0 Å². The van der Waals surface area contributed by atoms with Gasteiger partial charge in [0.05, 0.1) is 0 Å².